The first-order valence-corrected chi connectivity index (χ1v) is 8.38. The van der Waals surface area contributed by atoms with Gasteiger partial charge in [-0.2, -0.15) is 13.2 Å². The second kappa shape index (κ2) is 7.73. The number of benzene rings is 1. The molecule has 1 aromatic carbocycles. The number of aliphatic imine (C=N–C) groups is 1. The standard InChI is InChI=1S/C14H20F3N3O3S/c1-19(2)13(20(3)4)18-9-10-23-11-5-7-12(8-6-11)24(21,22)14(15,16)17/h5-8H,9-10H2,1-4H3. The fraction of sp³-hybridized carbons (Fsp3) is 0.500. The Labute approximate surface area is 139 Å². The maximum Gasteiger partial charge on any atom is 0.501 e. The van der Waals surface area contributed by atoms with Gasteiger partial charge in [-0.15, -0.1) is 0 Å². The van der Waals surface area contributed by atoms with E-state index in [2.05, 4.69) is 4.99 Å². The molecule has 0 fully saturated rings. The van der Waals surface area contributed by atoms with Gasteiger partial charge in [0, 0.05) is 28.2 Å². The molecule has 1 rings (SSSR count). The Morgan fingerprint density at radius 2 is 1.58 bits per heavy atom. The molecule has 0 N–H and O–H groups in total. The van der Waals surface area contributed by atoms with E-state index in [1.54, 1.807) is 0 Å². The molecule has 0 saturated carbocycles. The van der Waals surface area contributed by atoms with Gasteiger partial charge in [0.1, 0.15) is 12.4 Å². The van der Waals surface area contributed by atoms with Gasteiger partial charge in [0.15, 0.2) is 5.96 Å². The van der Waals surface area contributed by atoms with Crippen LogP contribution < -0.4 is 4.74 Å². The van der Waals surface area contributed by atoms with E-state index in [-0.39, 0.29) is 12.4 Å². The molecule has 0 heterocycles. The average Bonchev–Trinajstić information content (AvgIpc) is 2.45. The maximum absolute atomic E-state index is 12.4. The van der Waals surface area contributed by atoms with Gasteiger partial charge in [-0.05, 0) is 24.3 Å². The highest BCUT2D eigenvalue weighted by Crippen LogP contribution is 2.30. The summed E-state index contributed by atoms with van der Waals surface area (Å²) in [6.07, 6.45) is 0. The van der Waals surface area contributed by atoms with Crippen LogP contribution in [0.1, 0.15) is 0 Å². The molecule has 0 spiro atoms. The Kier molecular flexibility index (Phi) is 6.47. The van der Waals surface area contributed by atoms with Gasteiger partial charge < -0.3 is 14.5 Å². The highest BCUT2D eigenvalue weighted by atomic mass is 32.2. The molecule has 136 valence electrons. The molecular weight excluding hydrogens is 347 g/mol. The van der Waals surface area contributed by atoms with Gasteiger partial charge in [-0.25, -0.2) is 13.4 Å². The molecule has 0 atom stereocenters. The molecular formula is C14H20F3N3O3S. The van der Waals surface area contributed by atoms with Gasteiger partial charge in [-0.1, -0.05) is 0 Å². The summed E-state index contributed by atoms with van der Waals surface area (Å²) in [5, 5.41) is 0. The number of ether oxygens (including phenoxy) is 1. The molecule has 10 heteroatoms. The largest absolute Gasteiger partial charge is 0.501 e. The SMILES string of the molecule is CN(C)C(=NCCOc1ccc(S(=O)(=O)C(F)(F)F)cc1)N(C)C. The van der Waals surface area contributed by atoms with Crippen LogP contribution in [0.15, 0.2) is 34.2 Å². The second-order valence-electron chi connectivity index (χ2n) is 5.24. The number of sulfone groups is 1. The van der Waals surface area contributed by atoms with Crippen LogP contribution in [0.25, 0.3) is 0 Å². The number of guanidine groups is 1. The fourth-order valence-corrected chi connectivity index (χ4v) is 2.60. The number of hydrogen-bond donors (Lipinski definition) is 0. The van der Waals surface area contributed by atoms with Crippen molar-refractivity contribution in [2.24, 2.45) is 4.99 Å². The summed E-state index contributed by atoms with van der Waals surface area (Å²) >= 11 is 0. The maximum atomic E-state index is 12.4. The van der Waals surface area contributed by atoms with Crippen molar-refractivity contribution in [2.45, 2.75) is 10.4 Å². The van der Waals surface area contributed by atoms with Crippen molar-refractivity contribution in [1.82, 2.24) is 9.80 Å². The van der Waals surface area contributed by atoms with Gasteiger partial charge in [0.2, 0.25) is 0 Å². The van der Waals surface area contributed by atoms with Gasteiger partial charge >= 0.3 is 5.51 Å². The van der Waals surface area contributed by atoms with Crippen LogP contribution in [0.2, 0.25) is 0 Å². The van der Waals surface area contributed by atoms with E-state index < -0.39 is 20.2 Å². The Morgan fingerprint density at radius 1 is 1.08 bits per heavy atom. The fourth-order valence-electron chi connectivity index (χ4n) is 1.84. The Hall–Kier alpha value is -1.97. The summed E-state index contributed by atoms with van der Waals surface area (Å²) < 4.78 is 65.1. The Balaban J connectivity index is 2.68. The second-order valence-corrected chi connectivity index (χ2v) is 7.18. The Bertz CT molecular complexity index is 659. The van der Waals surface area contributed by atoms with Crippen molar-refractivity contribution < 1.29 is 26.3 Å². The van der Waals surface area contributed by atoms with Crippen molar-refractivity contribution in [3.8, 4) is 5.75 Å². The summed E-state index contributed by atoms with van der Waals surface area (Å²) in [5.41, 5.74) is -5.32. The lowest BCUT2D eigenvalue weighted by atomic mass is 10.3. The molecule has 0 aliphatic heterocycles. The summed E-state index contributed by atoms with van der Waals surface area (Å²) in [5.74, 6) is 1.01. The molecule has 1 aromatic rings. The van der Waals surface area contributed by atoms with E-state index in [1.165, 1.54) is 12.1 Å². The van der Waals surface area contributed by atoms with E-state index in [4.69, 9.17) is 4.74 Å². The van der Waals surface area contributed by atoms with Crippen molar-refractivity contribution in [1.29, 1.82) is 0 Å². The van der Waals surface area contributed by atoms with E-state index in [9.17, 15) is 21.6 Å². The molecule has 6 nitrogen and oxygen atoms in total. The van der Waals surface area contributed by atoms with Crippen LogP contribution in [0.3, 0.4) is 0 Å². The van der Waals surface area contributed by atoms with E-state index in [0.29, 0.717) is 6.54 Å². The van der Waals surface area contributed by atoms with Crippen LogP contribution in [0.4, 0.5) is 13.2 Å². The molecule has 0 aliphatic rings. The van der Waals surface area contributed by atoms with E-state index in [0.717, 1.165) is 18.1 Å². The van der Waals surface area contributed by atoms with E-state index in [1.807, 2.05) is 38.0 Å². The lowest BCUT2D eigenvalue weighted by Gasteiger charge is -2.22. The summed E-state index contributed by atoms with van der Waals surface area (Å²) in [6, 6.07) is 4.10. The number of hydrogen-bond acceptors (Lipinski definition) is 4. The van der Waals surface area contributed by atoms with Crippen LogP contribution >= 0.6 is 0 Å². The quantitative estimate of drug-likeness (QED) is 0.451. The van der Waals surface area contributed by atoms with Crippen molar-refractivity contribution in [3.63, 3.8) is 0 Å². The van der Waals surface area contributed by atoms with Gasteiger partial charge in [-0.3, -0.25) is 0 Å². The van der Waals surface area contributed by atoms with Crippen LogP contribution in [-0.2, 0) is 9.84 Å². The van der Waals surface area contributed by atoms with Crippen molar-refractivity contribution in [3.05, 3.63) is 24.3 Å². The van der Waals surface area contributed by atoms with Crippen LogP contribution in [0, 0.1) is 0 Å². The van der Waals surface area contributed by atoms with Crippen LogP contribution in [0.5, 0.6) is 5.75 Å². The third-order valence-electron chi connectivity index (χ3n) is 2.85. The number of halogens is 3. The molecule has 0 aliphatic carbocycles. The first kappa shape index (κ1) is 20.1. The first-order valence-electron chi connectivity index (χ1n) is 6.90. The van der Waals surface area contributed by atoms with Crippen molar-refractivity contribution >= 4 is 15.8 Å². The van der Waals surface area contributed by atoms with Gasteiger partial charge in [0.05, 0.1) is 11.4 Å². The normalized spacial score (nSPS) is 11.8. The molecule has 0 unspecified atom stereocenters. The molecule has 0 amide bonds. The molecule has 0 aromatic heterocycles. The summed E-state index contributed by atoms with van der Waals surface area (Å²) in [7, 11) is 2.05. The molecule has 0 radical (unpaired) electrons. The number of nitrogens with zero attached hydrogens (tertiary/aromatic N) is 3. The lowest BCUT2D eigenvalue weighted by Crippen LogP contribution is -2.35. The average molecular weight is 367 g/mol. The smallest absolute Gasteiger partial charge is 0.492 e. The van der Waals surface area contributed by atoms with Crippen molar-refractivity contribution in [2.75, 3.05) is 41.3 Å². The van der Waals surface area contributed by atoms with Gasteiger partial charge in [0.25, 0.3) is 9.84 Å². The zero-order valence-corrected chi connectivity index (χ0v) is 14.6. The third kappa shape index (κ3) is 5.02. The number of alkyl halides is 3. The third-order valence-corrected chi connectivity index (χ3v) is 4.35. The minimum absolute atomic E-state index is 0.205. The predicted octanol–water partition coefficient (Wildman–Crippen LogP) is 1.84. The minimum Gasteiger partial charge on any atom is -0.492 e. The molecule has 0 saturated heterocycles. The highest BCUT2D eigenvalue weighted by molar-refractivity contribution is 7.92. The predicted molar refractivity (Wildman–Crippen MR) is 84.9 cm³/mol. The first-order chi connectivity index (χ1) is 11.0. The zero-order valence-electron chi connectivity index (χ0n) is 13.8. The molecule has 24 heavy (non-hydrogen) atoms. The zero-order chi connectivity index (χ0) is 18.5. The Morgan fingerprint density at radius 3 is 2.00 bits per heavy atom. The number of rotatable bonds is 5. The highest BCUT2D eigenvalue weighted by Gasteiger charge is 2.46. The monoisotopic (exact) mass is 367 g/mol. The lowest BCUT2D eigenvalue weighted by molar-refractivity contribution is -0.0436. The van der Waals surface area contributed by atoms with E-state index >= 15 is 0 Å². The summed E-state index contributed by atoms with van der Waals surface area (Å²) in [4.78, 5) is 7.17. The van der Waals surface area contributed by atoms with Crippen LogP contribution in [-0.4, -0.2) is 71.0 Å². The minimum atomic E-state index is -5.34. The topological polar surface area (TPSA) is 62.2 Å². The summed E-state index contributed by atoms with van der Waals surface area (Å²) in [6.45, 7) is 0.546. The molecule has 0 bridgehead atoms.